The fraction of sp³-hybridized carbons (Fsp3) is 1.00. The summed E-state index contributed by atoms with van der Waals surface area (Å²) in [6, 6.07) is 0. The van der Waals surface area contributed by atoms with Crippen molar-refractivity contribution in [1.82, 2.24) is 0 Å². The summed E-state index contributed by atoms with van der Waals surface area (Å²) in [5.41, 5.74) is 0.740. The molecular formula is C11H22NO+. The molecule has 2 N–H and O–H groups in total. The van der Waals surface area contributed by atoms with E-state index in [9.17, 15) is 0 Å². The van der Waals surface area contributed by atoms with Crippen LogP contribution in [-0.4, -0.2) is 25.3 Å². The van der Waals surface area contributed by atoms with E-state index in [1.807, 2.05) is 0 Å². The van der Waals surface area contributed by atoms with Crippen molar-refractivity contribution < 1.29 is 10.1 Å². The number of piperidine rings is 1. The molecule has 0 bridgehead atoms. The van der Waals surface area contributed by atoms with Gasteiger partial charge in [0.25, 0.3) is 0 Å². The van der Waals surface area contributed by atoms with Crippen LogP contribution in [0.4, 0.5) is 0 Å². The highest BCUT2D eigenvalue weighted by Gasteiger charge is 2.43. The first-order chi connectivity index (χ1) is 6.12. The zero-order valence-electron chi connectivity index (χ0n) is 8.94. The van der Waals surface area contributed by atoms with E-state index >= 15 is 0 Å². The van der Waals surface area contributed by atoms with Gasteiger partial charge in [-0.2, -0.15) is 0 Å². The Bertz CT molecular complexity index is 177. The number of hydrogen-bond donors (Lipinski definition) is 1. The van der Waals surface area contributed by atoms with E-state index in [1.165, 1.54) is 38.8 Å². The van der Waals surface area contributed by atoms with Crippen LogP contribution in [0, 0.1) is 5.41 Å². The maximum Gasteiger partial charge on any atom is 0.0814 e. The molecule has 2 heteroatoms. The molecular weight excluding hydrogens is 162 g/mol. The Morgan fingerprint density at radius 1 is 1.23 bits per heavy atom. The van der Waals surface area contributed by atoms with Gasteiger partial charge in [-0.05, 0) is 39.5 Å². The zero-order valence-corrected chi connectivity index (χ0v) is 8.94. The average Bonchev–Trinajstić information content (AvgIpc) is 2.03. The highest BCUT2D eigenvalue weighted by Crippen LogP contribution is 2.41. The van der Waals surface area contributed by atoms with Crippen LogP contribution in [-0.2, 0) is 4.74 Å². The second kappa shape index (κ2) is 3.25. The fourth-order valence-electron chi connectivity index (χ4n) is 3.11. The Labute approximate surface area is 81.0 Å². The molecule has 0 aromatic heterocycles. The maximum atomic E-state index is 5.78. The third kappa shape index (κ3) is 2.05. The minimum Gasteiger partial charge on any atom is -0.376 e. The van der Waals surface area contributed by atoms with Crippen LogP contribution in [0.1, 0.15) is 39.5 Å². The lowest BCUT2D eigenvalue weighted by Gasteiger charge is -2.45. The third-order valence-corrected chi connectivity index (χ3v) is 3.62. The van der Waals surface area contributed by atoms with E-state index in [2.05, 4.69) is 19.2 Å². The van der Waals surface area contributed by atoms with Crippen molar-refractivity contribution in [3.63, 3.8) is 0 Å². The topological polar surface area (TPSA) is 25.8 Å². The van der Waals surface area contributed by atoms with Gasteiger partial charge in [0.1, 0.15) is 0 Å². The van der Waals surface area contributed by atoms with Gasteiger partial charge in [0, 0.05) is 12.0 Å². The van der Waals surface area contributed by atoms with Crippen LogP contribution in [0.5, 0.6) is 0 Å². The average molecular weight is 184 g/mol. The smallest absolute Gasteiger partial charge is 0.0814 e. The number of ether oxygens (including phenoxy) is 1. The van der Waals surface area contributed by atoms with Gasteiger partial charge in [-0.3, -0.25) is 0 Å². The molecule has 0 saturated carbocycles. The molecule has 1 unspecified atom stereocenters. The molecule has 0 aliphatic carbocycles. The van der Waals surface area contributed by atoms with Gasteiger partial charge >= 0.3 is 0 Å². The number of nitrogens with two attached hydrogens (primary N) is 1. The molecule has 0 radical (unpaired) electrons. The molecule has 2 heterocycles. The monoisotopic (exact) mass is 184 g/mol. The predicted molar refractivity (Wildman–Crippen MR) is 52.6 cm³/mol. The van der Waals surface area contributed by atoms with Crippen LogP contribution in [0.15, 0.2) is 0 Å². The van der Waals surface area contributed by atoms with Gasteiger partial charge < -0.3 is 10.1 Å². The van der Waals surface area contributed by atoms with E-state index in [0.29, 0.717) is 5.41 Å². The Kier molecular flexibility index (Phi) is 2.37. The summed E-state index contributed by atoms with van der Waals surface area (Å²) in [5, 5.41) is 2.49. The van der Waals surface area contributed by atoms with Gasteiger partial charge in [-0.1, -0.05) is 0 Å². The minimum atomic E-state index is 0.128. The Balaban J connectivity index is 2.04. The highest BCUT2D eigenvalue weighted by molar-refractivity contribution is 4.90. The van der Waals surface area contributed by atoms with E-state index in [1.54, 1.807) is 0 Å². The van der Waals surface area contributed by atoms with Gasteiger partial charge in [0.15, 0.2) is 0 Å². The highest BCUT2D eigenvalue weighted by atomic mass is 16.5. The molecule has 13 heavy (non-hydrogen) atoms. The molecule has 2 fully saturated rings. The van der Waals surface area contributed by atoms with Crippen molar-refractivity contribution in [2.24, 2.45) is 5.41 Å². The summed E-state index contributed by atoms with van der Waals surface area (Å²) < 4.78 is 5.78. The minimum absolute atomic E-state index is 0.128. The molecule has 2 nitrogen and oxygen atoms in total. The fourth-order valence-corrected chi connectivity index (χ4v) is 3.11. The number of hydrogen-bond acceptors (Lipinski definition) is 1. The Hall–Kier alpha value is -0.0800. The Morgan fingerprint density at radius 3 is 2.69 bits per heavy atom. The molecule has 2 rings (SSSR count). The molecule has 0 aromatic rings. The quantitative estimate of drug-likeness (QED) is 0.595. The summed E-state index contributed by atoms with van der Waals surface area (Å²) in [5.74, 6) is 0. The van der Waals surface area contributed by atoms with Crippen molar-refractivity contribution in [2.75, 3.05) is 19.7 Å². The molecule has 2 aliphatic rings. The van der Waals surface area contributed by atoms with Gasteiger partial charge in [0.05, 0.1) is 18.7 Å². The lowest BCUT2D eigenvalue weighted by atomic mass is 9.70. The summed E-state index contributed by atoms with van der Waals surface area (Å²) in [6.45, 7) is 8.12. The van der Waals surface area contributed by atoms with E-state index in [-0.39, 0.29) is 5.60 Å². The van der Waals surface area contributed by atoms with Crippen molar-refractivity contribution in [3.8, 4) is 0 Å². The molecule has 0 aromatic carbocycles. The standard InChI is InChI=1S/C11H21NO/c1-10(2)8-11(5-7-13-10)4-3-6-12-9-11/h12H,3-9H2,1-2H3/p+1. The number of rotatable bonds is 0. The molecule has 76 valence electrons. The summed E-state index contributed by atoms with van der Waals surface area (Å²) in [6.07, 6.45) is 5.37. The summed E-state index contributed by atoms with van der Waals surface area (Å²) in [7, 11) is 0. The second-order valence-corrected chi connectivity index (χ2v) is 5.42. The summed E-state index contributed by atoms with van der Waals surface area (Å²) in [4.78, 5) is 0. The first-order valence-electron chi connectivity index (χ1n) is 5.58. The van der Waals surface area contributed by atoms with Crippen LogP contribution < -0.4 is 5.32 Å². The number of quaternary nitrogens is 1. The van der Waals surface area contributed by atoms with Crippen LogP contribution in [0.2, 0.25) is 0 Å². The van der Waals surface area contributed by atoms with Crippen LogP contribution in [0.25, 0.3) is 0 Å². The third-order valence-electron chi connectivity index (χ3n) is 3.62. The molecule has 1 atom stereocenters. The van der Waals surface area contributed by atoms with Crippen molar-refractivity contribution in [3.05, 3.63) is 0 Å². The lowest BCUT2D eigenvalue weighted by molar-refractivity contribution is -0.678. The second-order valence-electron chi connectivity index (χ2n) is 5.42. The molecule has 1 spiro atoms. The Morgan fingerprint density at radius 2 is 2.08 bits per heavy atom. The van der Waals surface area contributed by atoms with Crippen LogP contribution >= 0.6 is 0 Å². The normalized spacial score (nSPS) is 39.2. The predicted octanol–water partition coefficient (Wildman–Crippen LogP) is 0.919. The van der Waals surface area contributed by atoms with Crippen molar-refractivity contribution >= 4 is 0 Å². The van der Waals surface area contributed by atoms with Gasteiger partial charge in [-0.15, -0.1) is 0 Å². The first-order valence-corrected chi connectivity index (χ1v) is 5.58. The maximum absolute atomic E-state index is 5.78. The van der Waals surface area contributed by atoms with Crippen LogP contribution in [0.3, 0.4) is 0 Å². The molecule has 2 saturated heterocycles. The van der Waals surface area contributed by atoms with Gasteiger partial charge in [-0.25, -0.2) is 0 Å². The summed E-state index contributed by atoms with van der Waals surface area (Å²) >= 11 is 0. The molecule has 2 aliphatic heterocycles. The SMILES string of the molecule is CC1(C)CC2(CCC[NH2+]C2)CCO1. The van der Waals surface area contributed by atoms with Crippen molar-refractivity contribution in [2.45, 2.75) is 45.1 Å². The van der Waals surface area contributed by atoms with E-state index < -0.39 is 0 Å². The molecule has 0 amide bonds. The van der Waals surface area contributed by atoms with E-state index in [4.69, 9.17) is 4.74 Å². The van der Waals surface area contributed by atoms with E-state index in [0.717, 1.165) is 6.61 Å². The largest absolute Gasteiger partial charge is 0.376 e. The zero-order chi connectivity index (χ0) is 9.36. The van der Waals surface area contributed by atoms with Gasteiger partial charge in [0.2, 0.25) is 0 Å². The van der Waals surface area contributed by atoms with Crippen molar-refractivity contribution in [1.29, 1.82) is 0 Å². The lowest BCUT2D eigenvalue weighted by Crippen LogP contribution is -2.89. The first kappa shape index (κ1) is 9.47.